The topological polar surface area (TPSA) is 38.5 Å². The van der Waals surface area contributed by atoms with Gasteiger partial charge in [0.2, 0.25) is 0 Å². The monoisotopic (exact) mass is 250 g/mol. The van der Waals surface area contributed by atoms with Gasteiger partial charge in [-0.2, -0.15) is 0 Å². The van der Waals surface area contributed by atoms with Crippen LogP contribution in [0.1, 0.15) is 29.2 Å². The molecule has 1 atom stereocenters. The fourth-order valence-electron chi connectivity index (χ4n) is 2.01. The van der Waals surface area contributed by atoms with E-state index in [1.54, 1.807) is 7.11 Å². The van der Waals surface area contributed by atoms with Crippen molar-refractivity contribution >= 4 is 0 Å². The molecule has 0 spiro atoms. The van der Waals surface area contributed by atoms with Gasteiger partial charge in [-0.1, -0.05) is 18.2 Å². The Hall–Kier alpha value is -0.900. The molecule has 0 amide bonds. The van der Waals surface area contributed by atoms with E-state index in [1.807, 2.05) is 0 Å². The number of nitrogens with zero attached hydrogens (tertiary/aromatic N) is 1. The van der Waals surface area contributed by atoms with E-state index < -0.39 is 0 Å². The fraction of sp³-hybridized carbons (Fsp3) is 0.600. The maximum absolute atomic E-state index is 6.25. The molecule has 0 saturated carbocycles. The molecular weight excluding hydrogens is 224 g/mol. The lowest BCUT2D eigenvalue weighted by molar-refractivity contribution is 0.177. The van der Waals surface area contributed by atoms with E-state index >= 15 is 0 Å². The number of hydrogen-bond acceptors (Lipinski definition) is 3. The zero-order valence-electron chi connectivity index (χ0n) is 12.1. The number of aryl methyl sites for hydroxylation is 2. The van der Waals surface area contributed by atoms with E-state index in [4.69, 9.17) is 10.5 Å². The van der Waals surface area contributed by atoms with Crippen LogP contribution >= 0.6 is 0 Å². The van der Waals surface area contributed by atoms with E-state index in [2.05, 4.69) is 44.0 Å². The smallest absolute Gasteiger partial charge is 0.0474 e. The minimum absolute atomic E-state index is 0.0804. The number of ether oxygens (including phenoxy) is 1. The van der Waals surface area contributed by atoms with Gasteiger partial charge in [-0.05, 0) is 44.0 Å². The molecule has 1 aromatic rings. The lowest BCUT2D eigenvalue weighted by atomic mass is 10.0. The largest absolute Gasteiger partial charge is 0.385 e. The second-order valence-electron chi connectivity index (χ2n) is 5.06. The summed E-state index contributed by atoms with van der Waals surface area (Å²) in [5.74, 6) is 0. The summed E-state index contributed by atoms with van der Waals surface area (Å²) in [6.07, 6.45) is 1.05. The van der Waals surface area contributed by atoms with Crippen molar-refractivity contribution in [1.29, 1.82) is 0 Å². The minimum atomic E-state index is 0.0804. The highest BCUT2D eigenvalue weighted by atomic mass is 16.5. The molecule has 1 unspecified atom stereocenters. The highest BCUT2D eigenvalue weighted by Crippen LogP contribution is 2.16. The first-order chi connectivity index (χ1) is 8.54. The molecule has 18 heavy (non-hydrogen) atoms. The van der Waals surface area contributed by atoms with Gasteiger partial charge in [0.15, 0.2) is 0 Å². The Morgan fingerprint density at radius 2 is 2.00 bits per heavy atom. The van der Waals surface area contributed by atoms with Crippen molar-refractivity contribution in [2.45, 2.75) is 26.3 Å². The van der Waals surface area contributed by atoms with E-state index in [-0.39, 0.29) is 6.04 Å². The van der Waals surface area contributed by atoms with Crippen LogP contribution in [0.3, 0.4) is 0 Å². The molecule has 0 heterocycles. The Balaban J connectivity index is 2.48. The molecule has 0 aromatic heterocycles. The molecule has 1 aromatic carbocycles. The third-order valence-corrected chi connectivity index (χ3v) is 3.36. The van der Waals surface area contributed by atoms with Crippen molar-refractivity contribution in [1.82, 2.24) is 4.90 Å². The summed E-state index contributed by atoms with van der Waals surface area (Å²) in [6, 6.07) is 6.56. The van der Waals surface area contributed by atoms with Crippen molar-refractivity contribution in [3.8, 4) is 0 Å². The number of nitrogens with two attached hydrogens (primary N) is 1. The fourth-order valence-corrected chi connectivity index (χ4v) is 2.01. The summed E-state index contributed by atoms with van der Waals surface area (Å²) in [7, 11) is 3.84. The summed E-state index contributed by atoms with van der Waals surface area (Å²) < 4.78 is 5.05. The molecule has 3 heteroatoms. The molecule has 0 aliphatic carbocycles. The Morgan fingerprint density at radius 1 is 1.28 bits per heavy atom. The SMILES string of the molecule is COCCCN(C)CC(N)c1ccc(C)c(C)c1. The van der Waals surface area contributed by atoms with Crippen molar-refractivity contribution in [2.24, 2.45) is 5.73 Å². The second kappa shape index (κ2) is 7.52. The quantitative estimate of drug-likeness (QED) is 0.755. The Kier molecular flexibility index (Phi) is 6.33. The van der Waals surface area contributed by atoms with Crippen LogP contribution in [0, 0.1) is 13.8 Å². The molecule has 0 aliphatic rings. The van der Waals surface area contributed by atoms with Gasteiger partial charge in [0.25, 0.3) is 0 Å². The Labute approximate surface area is 111 Å². The summed E-state index contributed by atoms with van der Waals surface area (Å²) >= 11 is 0. The summed E-state index contributed by atoms with van der Waals surface area (Å²) in [4.78, 5) is 2.26. The summed E-state index contributed by atoms with van der Waals surface area (Å²) in [6.45, 7) is 6.97. The molecule has 102 valence electrons. The predicted molar refractivity (Wildman–Crippen MR) is 76.8 cm³/mol. The average molecular weight is 250 g/mol. The van der Waals surface area contributed by atoms with Crippen molar-refractivity contribution < 1.29 is 4.74 Å². The zero-order valence-corrected chi connectivity index (χ0v) is 12.1. The molecule has 0 saturated heterocycles. The van der Waals surface area contributed by atoms with E-state index in [9.17, 15) is 0 Å². The summed E-state index contributed by atoms with van der Waals surface area (Å²) in [5.41, 5.74) is 10.1. The van der Waals surface area contributed by atoms with Crippen LogP contribution < -0.4 is 5.73 Å². The van der Waals surface area contributed by atoms with Gasteiger partial charge in [0.1, 0.15) is 0 Å². The highest BCUT2D eigenvalue weighted by Gasteiger charge is 2.09. The van der Waals surface area contributed by atoms with Gasteiger partial charge in [0, 0.05) is 32.8 Å². The lowest BCUT2D eigenvalue weighted by Gasteiger charge is -2.22. The molecule has 0 aliphatic heterocycles. The first kappa shape index (κ1) is 15.2. The van der Waals surface area contributed by atoms with Gasteiger partial charge in [-0.3, -0.25) is 0 Å². The molecule has 0 bridgehead atoms. The van der Waals surface area contributed by atoms with E-state index in [0.29, 0.717) is 0 Å². The van der Waals surface area contributed by atoms with Crippen LogP contribution in [0.4, 0.5) is 0 Å². The van der Waals surface area contributed by atoms with Crippen molar-refractivity contribution in [2.75, 3.05) is 33.9 Å². The molecule has 0 fully saturated rings. The number of methoxy groups -OCH3 is 1. The standard InChI is InChI=1S/C15H26N2O/c1-12-6-7-14(10-13(12)2)15(16)11-17(3)8-5-9-18-4/h6-7,10,15H,5,8-9,11,16H2,1-4H3. The van der Waals surface area contributed by atoms with Crippen LogP contribution in [-0.4, -0.2) is 38.8 Å². The van der Waals surface area contributed by atoms with Gasteiger partial charge < -0.3 is 15.4 Å². The molecule has 2 N–H and O–H groups in total. The normalized spacial score (nSPS) is 13.0. The Bertz CT molecular complexity index is 366. The lowest BCUT2D eigenvalue weighted by Crippen LogP contribution is -2.30. The Morgan fingerprint density at radius 3 is 2.61 bits per heavy atom. The number of rotatable bonds is 7. The highest BCUT2D eigenvalue weighted by molar-refractivity contribution is 5.31. The third-order valence-electron chi connectivity index (χ3n) is 3.36. The maximum atomic E-state index is 6.25. The number of likely N-dealkylation sites (N-methyl/N-ethyl adjacent to an activating group) is 1. The van der Waals surface area contributed by atoms with Crippen LogP contribution in [0.2, 0.25) is 0 Å². The minimum Gasteiger partial charge on any atom is -0.385 e. The van der Waals surface area contributed by atoms with Gasteiger partial charge in [-0.15, -0.1) is 0 Å². The molecule has 3 nitrogen and oxygen atoms in total. The number of hydrogen-bond donors (Lipinski definition) is 1. The number of benzene rings is 1. The van der Waals surface area contributed by atoms with Crippen LogP contribution in [0.15, 0.2) is 18.2 Å². The van der Waals surface area contributed by atoms with Crippen LogP contribution in [-0.2, 0) is 4.74 Å². The molecule has 0 radical (unpaired) electrons. The first-order valence-electron chi connectivity index (χ1n) is 6.54. The third kappa shape index (κ3) is 4.77. The van der Waals surface area contributed by atoms with E-state index in [1.165, 1.54) is 16.7 Å². The van der Waals surface area contributed by atoms with Crippen LogP contribution in [0.5, 0.6) is 0 Å². The van der Waals surface area contributed by atoms with Crippen molar-refractivity contribution in [3.63, 3.8) is 0 Å². The van der Waals surface area contributed by atoms with Crippen LogP contribution in [0.25, 0.3) is 0 Å². The van der Waals surface area contributed by atoms with E-state index in [0.717, 1.165) is 26.1 Å². The molecular formula is C15H26N2O. The maximum Gasteiger partial charge on any atom is 0.0474 e. The predicted octanol–water partition coefficient (Wildman–Crippen LogP) is 2.27. The average Bonchev–Trinajstić information content (AvgIpc) is 2.33. The zero-order chi connectivity index (χ0) is 13.5. The van der Waals surface area contributed by atoms with Gasteiger partial charge >= 0.3 is 0 Å². The summed E-state index contributed by atoms with van der Waals surface area (Å²) in [5, 5.41) is 0. The second-order valence-corrected chi connectivity index (χ2v) is 5.06. The molecule has 1 rings (SSSR count). The van der Waals surface area contributed by atoms with Gasteiger partial charge in [-0.25, -0.2) is 0 Å². The first-order valence-corrected chi connectivity index (χ1v) is 6.54. The van der Waals surface area contributed by atoms with Gasteiger partial charge in [0.05, 0.1) is 0 Å². The van der Waals surface area contributed by atoms with Crippen molar-refractivity contribution in [3.05, 3.63) is 34.9 Å².